The van der Waals surface area contributed by atoms with Crippen LogP contribution < -0.4 is 9.46 Å². The average Bonchev–Trinajstić information content (AvgIpc) is 3.18. The van der Waals surface area contributed by atoms with Crippen LogP contribution in [0, 0.1) is 5.92 Å². The number of likely N-dealkylation sites (tertiary alicyclic amines) is 1. The van der Waals surface area contributed by atoms with Gasteiger partial charge in [-0.15, -0.1) is 0 Å². The maximum absolute atomic E-state index is 12.3. The van der Waals surface area contributed by atoms with Crippen LogP contribution in [-0.4, -0.2) is 46.1 Å². The van der Waals surface area contributed by atoms with Crippen LogP contribution in [0.3, 0.4) is 0 Å². The van der Waals surface area contributed by atoms with Crippen LogP contribution in [0.5, 0.6) is 5.75 Å². The Balaban J connectivity index is 1.54. The highest BCUT2D eigenvalue weighted by Crippen LogP contribution is 2.30. The number of hydrogen-bond acceptors (Lipinski definition) is 4. The van der Waals surface area contributed by atoms with Crippen LogP contribution in [-0.2, 0) is 15.8 Å². The highest BCUT2D eigenvalue weighted by Gasteiger charge is 2.30. The van der Waals surface area contributed by atoms with Crippen LogP contribution >= 0.6 is 0 Å². The van der Waals surface area contributed by atoms with Gasteiger partial charge in [-0.3, -0.25) is 0 Å². The van der Waals surface area contributed by atoms with E-state index in [1.165, 1.54) is 12.8 Å². The predicted octanol–water partition coefficient (Wildman–Crippen LogP) is 1.60. The molecule has 1 unspecified atom stereocenters. The Morgan fingerprint density at radius 3 is 2.86 bits per heavy atom. The summed E-state index contributed by atoms with van der Waals surface area (Å²) >= 11 is 0. The zero-order valence-corrected chi connectivity index (χ0v) is 13.8. The molecule has 2 aliphatic rings. The Kier molecular flexibility index (Phi) is 4.70. The Morgan fingerprint density at radius 2 is 2.14 bits per heavy atom. The van der Waals surface area contributed by atoms with Gasteiger partial charge in [0.15, 0.2) is 0 Å². The minimum absolute atomic E-state index is 0.00330. The molecule has 1 N–H and O–H groups in total. The minimum atomic E-state index is -3.31. The van der Waals surface area contributed by atoms with Crippen molar-refractivity contribution < 1.29 is 13.2 Å². The maximum Gasteiger partial charge on any atom is 0.216 e. The first-order valence-electron chi connectivity index (χ1n) is 7.89. The number of methoxy groups -OCH3 is 1. The second-order valence-corrected chi connectivity index (χ2v) is 8.17. The van der Waals surface area contributed by atoms with Crippen molar-refractivity contribution in [3.8, 4) is 5.75 Å². The SMILES string of the molecule is COc1cccc(CS(=O)(=O)NC2CCN(CC3CC3)C2)c1. The third kappa shape index (κ3) is 4.44. The van der Waals surface area contributed by atoms with Gasteiger partial charge >= 0.3 is 0 Å². The second kappa shape index (κ2) is 6.56. The van der Waals surface area contributed by atoms with Gasteiger partial charge in [-0.25, -0.2) is 13.1 Å². The molecule has 1 aliphatic heterocycles. The van der Waals surface area contributed by atoms with Gasteiger partial charge in [-0.05, 0) is 49.4 Å². The van der Waals surface area contributed by atoms with E-state index in [0.717, 1.165) is 37.5 Å². The topological polar surface area (TPSA) is 58.6 Å². The molecule has 5 nitrogen and oxygen atoms in total. The molecular weight excluding hydrogens is 300 g/mol. The van der Waals surface area contributed by atoms with E-state index in [0.29, 0.717) is 5.75 Å². The lowest BCUT2D eigenvalue weighted by atomic mass is 10.2. The van der Waals surface area contributed by atoms with Crippen molar-refractivity contribution in [3.05, 3.63) is 29.8 Å². The summed E-state index contributed by atoms with van der Waals surface area (Å²) in [4.78, 5) is 2.39. The van der Waals surface area contributed by atoms with Gasteiger partial charge in [0.25, 0.3) is 0 Å². The first-order valence-corrected chi connectivity index (χ1v) is 9.54. The standard InChI is InChI=1S/C16H24N2O3S/c1-21-16-4-2-3-14(9-16)12-22(19,20)17-15-7-8-18(11-15)10-13-5-6-13/h2-4,9,13,15,17H,5-8,10-12H2,1H3. The van der Waals surface area contributed by atoms with E-state index >= 15 is 0 Å². The lowest BCUT2D eigenvalue weighted by Crippen LogP contribution is -2.38. The van der Waals surface area contributed by atoms with Crippen molar-refractivity contribution >= 4 is 10.0 Å². The molecule has 0 spiro atoms. The Hall–Kier alpha value is -1.11. The second-order valence-electron chi connectivity index (χ2n) is 6.42. The first kappa shape index (κ1) is 15.8. The third-order valence-corrected chi connectivity index (χ3v) is 5.73. The largest absolute Gasteiger partial charge is 0.497 e. The van der Waals surface area contributed by atoms with Gasteiger partial charge in [0.05, 0.1) is 12.9 Å². The van der Waals surface area contributed by atoms with E-state index < -0.39 is 10.0 Å². The molecule has 1 saturated heterocycles. The summed E-state index contributed by atoms with van der Waals surface area (Å²) in [6, 6.07) is 7.27. The quantitative estimate of drug-likeness (QED) is 0.828. The molecular formula is C16H24N2O3S. The number of benzene rings is 1. The number of nitrogens with zero attached hydrogens (tertiary/aromatic N) is 1. The molecule has 1 atom stereocenters. The van der Waals surface area contributed by atoms with Gasteiger partial charge in [-0.2, -0.15) is 0 Å². The highest BCUT2D eigenvalue weighted by atomic mass is 32.2. The van der Waals surface area contributed by atoms with E-state index in [-0.39, 0.29) is 11.8 Å². The number of sulfonamides is 1. The molecule has 1 aromatic rings. The molecule has 122 valence electrons. The fourth-order valence-electron chi connectivity index (χ4n) is 3.04. The van der Waals surface area contributed by atoms with Gasteiger partial charge in [0.2, 0.25) is 10.0 Å². The number of nitrogens with one attached hydrogen (secondary N) is 1. The van der Waals surface area contributed by atoms with Crippen molar-refractivity contribution in [1.82, 2.24) is 9.62 Å². The number of hydrogen-bond donors (Lipinski definition) is 1. The molecule has 1 aliphatic carbocycles. The molecule has 0 aromatic heterocycles. The van der Waals surface area contributed by atoms with E-state index in [1.807, 2.05) is 18.2 Å². The molecule has 0 amide bonds. The van der Waals surface area contributed by atoms with Gasteiger partial charge in [0, 0.05) is 19.1 Å². The lowest BCUT2D eigenvalue weighted by molar-refractivity contribution is 0.318. The summed E-state index contributed by atoms with van der Waals surface area (Å²) < 4.78 is 32.6. The van der Waals surface area contributed by atoms with Crippen LogP contribution in [0.25, 0.3) is 0 Å². The van der Waals surface area contributed by atoms with Crippen molar-refractivity contribution in [1.29, 1.82) is 0 Å². The third-order valence-electron chi connectivity index (χ3n) is 4.32. The van der Waals surface area contributed by atoms with Crippen LogP contribution in [0.2, 0.25) is 0 Å². The Bertz CT molecular complexity index is 614. The Morgan fingerprint density at radius 1 is 1.32 bits per heavy atom. The highest BCUT2D eigenvalue weighted by molar-refractivity contribution is 7.88. The monoisotopic (exact) mass is 324 g/mol. The fraction of sp³-hybridized carbons (Fsp3) is 0.625. The summed E-state index contributed by atoms with van der Waals surface area (Å²) in [5.74, 6) is 1.54. The van der Waals surface area contributed by atoms with Crippen molar-refractivity contribution in [2.45, 2.75) is 31.1 Å². The van der Waals surface area contributed by atoms with Crippen LogP contribution in [0.4, 0.5) is 0 Å². The van der Waals surface area contributed by atoms with E-state index in [1.54, 1.807) is 13.2 Å². The molecule has 1 aromatic carbocycles. The lowest BCUT2D eigenvalue weighted by Gasteiger charge is -2.16. The smallest absolute Gasteiger partial charge is 0.216 e. The van der Waals surface area contributed by atoms with E-state index in [9.17, 15) is 8.42 Å². The molecule has 1 heterocycles. The number of rotatable bonds is 7. The molecule has 3 rings (SSSR count). The number of ether oxygens (including phenoxy) is 1. The fourth-order valence-corrected chi connectivity index (χ4v) is 4.44. The summed E-state index contributed by atoms with van der Waals surface area (Å²) in [6.45, 7) is 2.98. The molecule has 22 heavy (non-hydrogen) atoms. The molecule has 0 radical (unpaired) electrons. The summed E-state index contributed by atoms with van der Waals surface area (Å²) in [6.07, 6.45) is 3.58. The normalized spacial score (nSPS) is 22.9. The van der Waals surface area contributed by atoms with Crippen molar-refractivity contribution in [2.75, 3.05) is 26.7 Å². The predicted molar refractivity (Wildman–Crippen MR) is 86.3 cm³/mol. The molecule has 2 fully saturated rings. The van der Waals surface area contributed by atoms with E-state index in [4.69, 9.17) is 4.74 Å². The van der Waals surface area contributed by atoms with Crippen molar-refractivity contribution in [2.24, 2.45) is 5.92 Å². The molecule has 1 saturated carbocycles. The summed E-state index contributed by atoms with van der Waals surface area (Å²) in [5, 5.41) is 0. The van der Waals surface area contributed by atoms with Gasteiger partial charge in [0.1, 0.15) is 5.75 Å². The summed E-state index contributed by atoms with van der Waals surface area (Å²) in [5.41, 5.74) is 0.750. The van der Waals surface area contributed by atoms with Crippen molar-refractivity contribution in [3.63, 3.8) is 0 Å². The summed E-state index contributed by atoms with van der Waals surface area (Å²) in [7, 11) is -1.73. The molecule has 0 bridgehead atoms. The first-order chi connectivity index (χ1) is 10.5. The zero-order chi connectivity index (χ0) is 15.6. The Labute approximate surface area is 132 Å². The van der Waals surface area contributed by atoms with Crippen LogP contribution in [0.15, 0.2) is 24.3 Å². The minimum Gasteiger partial charge on any atom is -0.497 e. The average molecular weight is 324 g/mol. The zero-order valence-electron chi connectivity index (χ0n) is 13.0. The maximum atomic E-state index is 12.3. The van der Waals surface area contributed by atoms with Crippen LogP contribution in [0.1, 0.15) is 24.8 Å². The van der Waals surface area contributed by atoms with Gasteiger partial charge in [-0.1, -0.05) is 12.1 Å². The van der Waals surface area contributed by atoms with Gasteiger partial charge < -0.3 is 9.64 Å². The molecule has 6 heteroatoms. The van der Waals surface area contributed by atoms with E-state index in [2.05, 4.69) is 9.62 Å².